The molecule has 1 heterocycles. The summed E-state index contributed by atoms with van der Waals surface area (Å²) in [6, 6.07) is 9.37. The van der Waals surface area contributed by atoms with Gasteiger partial charge in [0.1, 0.15) is 15.5 Å². The van der Waals surface area contributed by atoms with Gasteiger partial charge in [-0.3, -0.25) is 14.5 Å². The number of hydrogen-bond acceptors (Lipinski definition) is 10. The van der Waals surface area contributed by atoms with Crippen LogP contribution in [0, 0.1) is 6.92 Å². The second-order valence-electron chi connectivity index (χ2n) is 8.56. The smallest absolute Gasteiger partial charge is 0.340 e. The van der Waals surface area contributed by atoms with E-state index in [9.17, 15) is 21.6 Å². The molecule has 14 nitrogen and oxygen atoms in total. The van der Waals surface area contributed by atoms with Gasteiger partial charge in [-0.1, -0.05) is 19.1 Å². The van der Waals surface area contributed by atoms with Crippen LogP contribution in [0.25, 0.3) is 0 Å². The number of carbonyl (C=O) groups is 1. The van der Waals surface area contributed by atoms with Gasteiger partial charge in [0, 0.05) is 32.2 Å². The van der Waals surface area contributed by atoms with Crippen molar-refractivity contribution >= 4 is 32.1 Å². The Morgan fingerprint density at radius 3 is 2.33 bits per heavy atom. The zero-order valence-electron chi connectivity index (χ0n) is 21.4. The largest absolute Gasteiger partial charge is 0.480 e. The monoisotopic (exact) mass is 585 g/mol. The summed E-state index contributed by atoms with van der Waals surface area (Å²) in [5, 5.41) is 12.6. The molecule has 3 rings (SSSR count). The third-order valence-electron chi connectivity index (χ3n) is 5.39. The molecule has 214 valence electrons. The topological polar surface area (TPSA) is 190 Å². The summed E-state index contributed by atoms with van der Waals surface area (Å²) >= 11 is 0. The van der Waals surface area contributed by atoms with Gasteiger partial charge < -0.3 is 19.9 Å². The number of nitrogens with two attached hydrogens (primary N) is 1. The first-order chi connectivity index (χ1) is 18.4. The highest BCUT2D eigenvalue weighted by Gasteiger charge is 2.34. The van der Waals surface area contributed by atoms with Gasteiger partial charge >= 0.3 is 16.1 Å². The van der Waals surface area contributed by atoms with E-state index in [1.54, 1.807) is 17.9 Å². The van der Waals surface area contributed by atoms with E-state index in [0.29, 0.717) is 12.2 Å². The maximum atomic E-state index is 13.4. The van der Waals surface area contributed by atoms with Crippen molar-refractivity contribution in [3.63, 3.8) is 0 Å². The van der Waals surface area contributed by atoms with Crippen LogP contribution in [0.5, 0.6) is 11.5 Å². The molecule has 1 aliphatic rings. The molecule has 2 aromatic rings. The lowest BCUT2D eigenvalue weighted by Crippen LogP contribution is -2.49. The summed E-state index contributed by atoms with van der Waals surface area (Å²) in [4.78, 5) is 21.8. The summed E-state index contributed by atoms with van der Waals surface area (Å²) < 4.78 is 59.7. The van der Waals surface area contributed by atoms with Crippen LogP contribution in [0.4, 0.5) is 0 Å². The number of oxime groups is 1. The number of aryl methyl sites for hydroxylation is 1. The van der Waals surface area contributed by atoms with Crippen molar-refractivity contribution in [3.05, 3.63) is 48.0 Å². The SMILES string of the molecule is CCCONC(N)=NOc1cc(C)cc(OS(=O)(=O)c2ccccc2S(=O)(=O)N2CCN(CC(=O)O)CC2)c1. The lowest BCUT2D eigenvalue weighted by atomic mass is 10.2. The minimum atomic E-state index is -4.61. The molecule has 0 bridgehead atoms. The number of carboxylic acid groups (broad SMARTS) is 1. The zero-order valence-corrected chi connectivity index (χ0v) is 23.1. The molecule has 0 aliphatic carbocycles. The summed E-state index contributed by atoms with van der Waals surface area (Å²) in [5.74, 6) is -1.20. The van der Waals surface area contributed by atoms with Crippen molar-refractivity contribution < 1.29 is 40.6 Å². The van der Waals surface area contributed by atoms with E-state index in [4.69, 9.17) is 24.7 Å². The molecule has 16 heteroatoms. The quantitative estimate of drug-likeness (QED) is 0.104. The molecule has 0 spiro atoms. The van der Waals surface area contributed by atoms with E-state index in [1.165, 1.54) is 30.3 Å². The summed E-state index contributed by atoms with van der Waals surface area (Å²) in [6.07, 6.45) is 0.752. The molecule has 0 radical (unpaired) electrons. The highest BCUT2D eigenvalue weighted by Crippen LogP contribution is 2.30. The van der Waals surface area contributed by atoms with Crippen molar-refractivity contribution in [3.8, 4) is 11.5 Å². The van der Waals surface area contributed by atoms with Gasteiger partial charge in [0.15, 0.2) is 5.75 Å². The number of carboxylic acids is 1. The van der Waals surface area contributed by atoms with Crippen LogP contribution in [0.3, 0.4) is 0 Å². The Morgan fingerprint density at radius 1 is 1.05 bits per heavy atom. The summed E-state index contributed by atoms with van der Waals surface area (Å²) in [7, 11) is -8.85. The van der Waals surface area contributed by atoms with Gasteiger partial charge in [0.2, 0.25) is 10.0 Å². The number of aliphatic carboxylic acids is 1. The van der Waals surface area contributed by atoms with Gasteiger partial charge in [-0.15, -0.1) is 0 Å². The first-order valence-electron chi connectivity index (χ1n) is 11.9. The second kappa shape index (κ2) is 13.1. The van der Waals surface area contributed by atoms with Crippen LogP contribution in [0.15, 0.2) is 57.4 Å². The van der Waals surface area contributed by atoms with E-state index >= 15 is 0 Å². The Bertz CT molecular complexity index is 1410. The van der Waals surface area contributed by atoms with E-state index < -0.39 is 35.9 Å². The fraction of sp³-hybridized carbons (Fsp3) is 0.391. The zero-order chi connectivity index (χ0) is 28.6. The third-order valence-corrected chi connectivity index (χ3v) is 8.78. The number of piperazine rings is 1. The summed E-state index contributed by atoms with van der Waals surface area (Å²) in [6.45, 7) is 4.16. The van der Waals surface area contributed by atoms with E-state index in [-0.39, 0.29) is 50.2 Å². The van der Waals surface area contributed by atoms with E-state index in [0.717, 1.165) is 16.8 Å². The minimum Gasteiger partial charge on any atom is -0.480 e. The Balaban J connectivity index is 1.81. The predicted octanol–water partition coefficient (Wildman–Crippen LogP) is 0.693. The number of nitrogens with zero attached hydrogens (tertiary/aromatic N) is 3. The van der Waals surface area contributed by atoms with Crippen molar-refractivity contribution in [2.75, 3.05) is 39.3 Å². The molecule has 0 aromatic heterocycles. The standard InChI is InChI=1S/C23H31N5O9S2/c1-3-12-35-25-23(24)26-36-18-13-17(2)14-19(15-18)37-39(33,34)21-7-5-4-6-20(21)38(31,32)28-10-8-27(9-11-28)16-22(29)30/h4-7,13-15H,3,8-12,16H2,1-2H3,(H,29,30)(H3,24,25,26). The normalized spacial score (nSPS) is 15.6. The number of benzene rings is 2. The van der Waals surface area contributed by atoms with Crippen LogP contribution in [0.2, 0.25) is 0 Å². The molecule has 1 fully saturated rings. The second-order valence-corrected chi connectivity index (χ2v) is 12.0. The minimum absolute atomic E-state index is 0.00538. The molecular weight excluding hydrogens is 554 g/mol. The van der Waals surface area contributed by atoms with Gasteiger partial charge in [0.05, 0.1) is 13.2 Å². The van der Waals surface area contributed by atoms with Crippen LogP contribution >= 0.6 is 0 Å². The maximum absolute atomic E-state index is 13.4. The molecule has 0 amide bonds. The predicted molar refractivity (Wildman–Crippen MR) is 140 cm³/mol. The molecule has 1 aliphatic heterocycles. The van der Waals surface area contributed by atoms with Gasteiger partial charge in [-0.2, -0.15) is 12.7 Å². The lowest BCUT2D eigenvalue weighted by molar-refractivity contribution is -0.138. The van der Waals surface area contributed by atoms with Crippen molar-refractivity contribution in [2.24, 2.45) is 10.9 Å². The first-order valence-corrected chi connectivity index (χ1v) is 14.7. The van der Waals surface area contributed by atoms with Crippen molar-refractivity contribution in [2.45, 2.75) is 30.1 Å². The molecule has 1 saturated heterocycles. The number of hydroxylamine groups is 1. The highest BCUT2D eigenvalue weighted by atomic mass is 32.2. The Labute approximate surface area is 227 Å². The molecule has 0 atom stereocenters. The average Bonchev–Trinajstić information content (AvgIpc) is 2.87. The molecule has 4 N–H and O–H groups in total. The van der Waals surface area contributed by atoms with Gasteiger partial charge in [-0.25, -0.2) is 13.9 Å². The Kier molecular flexibility index (Phi) is 10.1. The number of nitrogens with one attached hydrogen (secondary N) is 1. The van der Waals surface area contributed by atoms with Gasteiger partial charge in [0.25, 0.3) is 5.96 Å². The van der Waals surface area contributed by atoms with Crippen molar-refractivity contribution in [1.82, 2.24) is 14.7 Å². The molecular formula is C23H31N5O9S2. The summed E-state index contributed by atoms with van der Waals surface area (Å²) in [5.41, 5.74) is 8.59. The van der Waals surface area contributed by atoms with Gasteiger partial charge in [-0.05, 0) is 48.3 Å². The fourth-order valence-electron chi connectivity index (χ4n) is 3.66. The number of hydrogen-bond donors (Lipinski definition) is 3. The lowest BCUT2D eigenvalue weighted by Gasteiger charge is -2.33. The van der Waals surface area contributed by atoms with Crippen LogP contribution in [0.1, 0.15) is 18.9 Å². The van der Waals surface area contributed by atoms with Crippen LogP contribution < -0.4 is 20.2 Å². The Morgan fingerprint density at radius 2 is 1.69 bits per heavy atom. The molecule has 0 saturated carbocycles. The molecule has 39 heavy (non-hydrogen) atoms. The van der Waals surface area contributed by atoms with Crippen LogP contribution in [-0.2, 0) is 29.8 Å². The van der Waals surface area contributed by atoms with E-state index in [2.05, 4.69) is 10.6 Å². The average molecular weight is 586 g/mol. The fourth-order valence-corrected chi connectivity index (χ4v) is 6.78. The van der Waals surface area contributed by atoms with Crippen molar-refractivity contribution in [1.29, 1.82) is 0 Å². The van der Waals surface area contributed by atoms with E-state index in [1.807, 2.05) is 6.92 Å². The van der Waals surface area contributed by atoms with Crippen LogP contribution in [-0.4, -0.2) is 82.4 Å². The molecule has 2 aromatic carbocycles. The first kappa shape index (κ1) is 30.1. The highest BCUT2D eigenvalue weighted by molar-refractivity contribution is 7.91. The number of sulfonamides is 1. The number of guanidine groups is 1. The molecule has 0 unspecified atom stereocenters. The Hall–Kier alpha value is -3.44. The third kappa shape index (κ3) is 8.27. The number of rotatable bonds is 12. The maximum Gasteiger partial charge on any atom is 0.340 e.